The molecule has 0 spiro atoms. The third-order valence-electron chi connectivity index (χ3n) is 6.86. The van der Waals surface area contributed by atoms with E-state index in [1.807, 2.05) is 36.5 Å². The second kappa shape index (κ2) is 31.7. The van der Waals surface area contributed by atoms with Crippen LogP contribution < -0.4 is 0 Å². The summed E-state index contributed by atoms with van der Waals surface area (Å²) in [5.74, 6) is -0.931. The van der Waals surface area contributed by atoms with Gasteiger partial charge in [-0.3, -0.25) is 14.1 Å². The molecule has 0 aliphatic heterocycles. The number of carbonyl (C=O) groups is 2. The first-order chi connectivity index (χ1) is 21.8. The average molecular weight is 653 g/mol. The summed E-state index contributed by atoms with van der Waals surface area (Å²) in [6, 6.07) is 0. The van der Waals surface area contributed by atoms with Gasteiger partial charge in [0.1, 0.15) is 6.61 Å². The number of ether oxygens (including phenoxy) is 2. The summed E-state index contributed by atoms with van der Waals surface area (Å²) in [5, 5.41) is 0. The Morgan fingerprint density at radius 1 is 0.600 bits per heavy atom. The third kappa shape index (κ3) is 34.5. The van der Waals surface area contributed by atoms with Crippen LogP contribution in [0.4, 0.5) is 0 Å². The van der Waals surface area contributed by atoms with Crippen molar-refractivity contribution in [2.45, 2.75) is 142 Å². The van der Waals surface area contributed by atoms with E-state index in [0.717, 1.165) is 77.0 Å². The number of esters is 2. The second-order valence-corrected chi connectivity index (χ2v) is 12.4. The molecule has 258 valence electrons. The highest BCUT2D eigenvalue weighted by Crippen LogP contribution is 2.35. The van der Waals surface area contributed by atoms with Crippen molar-refractivity contribution >= 4 is 19.8 Å². The van der Waals surface area contributed by atoms with E-state index in [0.29, 0.717) is 12.8 Å². The van der Waals surface area contributed by atoms with Crippen molar-refractivity contribution in [2.75, 3.05) is 13.2 Å². The predicted octanol–water partition coefficient (Wildman–Crippen LogP) is 9.78. The fourth-order valence-corrected chi connectivity index (χ4v) is 4.68. The minimum absolute atomic E-state index is 0.181. The predicted molar refractivity (Wildman–Crippen MR) is 184 cm³/mol. The molecule has 9 heteroatoms. The first-order valence-electron chi connectivity index (χ1n) is 17.1. The van der Waals surface area contributed by atoms with Crippen molar-refractivity contribution in [1.29, 1.82) is 0 Å². The summed E-state index contributed by atoms with van der Waals surface area (Å²) >= 11 is 0. The van der Waals surface area contributed by atoms with Gasteiger partial charge < -0.3 is 19.3 Å². The highest BCUT2D eigenvalue weighted by Gasteiger charge is 2.22. The topological polar surface area (TPSA) is 119 Å². The number of allylic oxidation sites excluding steroid dienone is 10. The molecule has 0 aliphatic rings. The van der Waals surface area contributed by atoms with Crippen LogP contribution in [0.2, 0.25) is 0 Å². The van der Waals surface area contributed by atoms with Crippen LogP contribution in [0.1, 0.15) is 136 Å². The molecule has 2 N–H and O–H groups in total. The molecule has 0 heterocycles. The Hall–Kier alpha value is -2.25. The largest absolute Gasteiger partial charge is 0.469 e. The summed E-state index contributed by atoms with van der Waals surface area (Å²) in [6.45, 7) is 3.46. The van der Waals surface area contributed by atoms with E-state index in [-0.39, 0.29) is 19.4 Å². The molecule has 45 heavy (non-hydrogen) atoms. The summed E-state index contributed by atoms with van der Waals surface area (Å²) in [4.78, 5) is 42.5. The standard InChI is InChI=1S/C36H61O8P/c1-3-5-7-9-11-13-15-17-18-19-21-23-25-27-29-31-36(38)44-34(33-43-45(39,40)41)32-42-35(37)30-28-26-24-22-20-16-14-12-10-8-6-4-2/h5,7,9,11-15,17-18,34H,3-4,6,8,10,16,19-33H2,1-2H3,(H2,39,40,41)/b7-5+,11-9+,14-12+,15-13+,18-17+/t34-/m1/s1. The van der Waals surface area contributed by atoms with E-state index in [9.17, 15) is 14.2 Å². The van der Waals surface area contributed by atoms with Crippen molar-refractivity contribution in [3.8, 4) is 0 Å². The summed E-state index contributed by atoms with van der Waals surface area (Å²) in [5.41, 5.74) is 0. The molecule has 0 aromatic rings. The zero-order valence-electron chi connectivity index (χ0n) is 28.0. The molecule has 0 fully saturated rings. The quantitative estimate of drug-likeness (QED) is 0.0259. The molecule has 0 bridgehead atoms. The van der Waals surface area contributed by atoms with Crippen LogP contribution in [0.15, 0.2) is 60.8 Å². The molecule has 1 atom stereocenters. The zero-order valence-corrected chi connectivity index (χ0v) is 28.9. The Morgan fingerprint density at radius 2 is 1.09 bits per heavy atom. The number of hydrogen-bond acceptors (Lipinski definition) is 6. The van der Waals surface area contributed by atoms with Gasteiger partial charge in [0.05, 0.1) is 6.61 Å². The summed E-state index contributed by atoms with van der Waals surface area (Å²) in [6.07, 6.45) is 38.0. The van der Waals surface area contributed by atoms with Gasteiger partial charge in [-0.15, -0.1) is 0 Å². The Bertz CT molecular complexity index is 916. The number of phosphoric ester groups is 1. The van der Waals surface area contributed by atoms with Gasteiger partial charge in [0.25, 0.3) is 0 Å². The second-order valence-electron chi connectivity index (χ2n) is 11.2. The average Bonchev–Trinajstić information content (AvgIpc) is 3.00. The SMILES string of the molecule is CC/C=C/C=C/C=C/C=C/CCCCCCCC(=O)O[C@H](COC(=O)CCCCCCC/C=C/CCCCC)COP(=O)(O)O. The van der Waals surface area contributed by atoms with Crippen molar-refractivity contribution in [2.24, 2.45) is 0 Å². The number of carbonyl (C=O) groups excluding carboxylic acids is 2. The molecule has 0 aromatic heterocycles. The molecular formula is C36H61O8P. The molecule has 0 aliphatic carbocycles. The number of hydrogen-bond donors (Lipinski definition) is 2. The molecule has 0 unspecified atom stereocenters. The van der Waals surface area contributed by atoms with Crippen molar-refractivity contribution in [3.63, 3.8) is 0 Å². The van der Waals surface area contributed by atoms with Crippen LogP contribution in [0.3, 0.4) is 0 Å². The van der Waals surface area contributed by atoms with Crippen LogP contribution in [0.5, 0.6) is 0 Å². The fourth-order valence-electron chi connectivity index (χ4n) is 4.32. The first-order valence-corrected chi connectivity index (χ1v) is 18.7. The van der Waals surface area contributed by atoms with Gasteiger partial charge in [0.2, 0.25) is 0 Å². The Kier molecular flexibility index (Phi) is 30.1. The first kappa shape index (κ1) is 42.8. The summed E-state index contributed by atoms with van der Waals surface area (Å²) in [7, 11) is -4.76. The molecule has 0 amide bonds. The normalized spacial score (nSPS) is 13.2. The van der Waals surface area contributed by atoms with E-state index in [2.05, 4.69) is 42.7 Å². The molecule has 0 saturated carbocycles. The maximum Gasteiger partial charge on any atom is 0.469 e. The van der Waals surface area contributed by atoms with Crippen LogP contribution in [0.25, 0.3) is 0 Å². The van der Waals surface area contributed by atoms with Gasteiger partial charge in [0.15, 0.2) is 6.10 Å². The van der Waals surface area contributed by atoms with E-state index in [1.54, 1.807) is 0 Å². The van der Waals surface area contributed by atoms with Gasteiger partial charge in [-0.25, -0.2) is 4.57 Å². The van der Waals surface area contributed by atoms with Gasteiger partial charge in [-0.1, -0.05) is 126 Å². The minimum Gasteiger partial charge on any atom is -0.462 e. The van der Waals surface area contributed by atoms with E-state index >= 15 is 0 Å². The van der Waals surface area contributed by atoms with Crippen LogP contribution >= 0.6 is 7.82 Å². The van der Waals surface area contributed by atoms with Crippen LogP contribution in [-0.2, 0) is 28.2 Å². The van der Waals surface area contributed by atoms with Gasteiger partial charge in [-0.05, 0) is 57.8 Å². The molecular weight excluding hydrogens is 591 g/mol. The van der Waals surface area contributed by atoms with E-state index in [1.165, 1.54) is 19.3 Å². The zero-order chi connectivity index (χ0) is 33.3. The highest BCUT2D eigenvalue weighted by atomic mass is 31.2. The number of phosphoric acid groups is 1. The lowest BCUT2D eigenvalue weighted by Crippen LogP contribution is -2.29. The van der Waals surface area contributed by atoms with E-state index < -0.39 is 32.5 Å². The van der Waals surface area contributed by atoms with Gasteiger partial charge in [-0.2, -0.15) is 0 Å². The van der Waals surface area contributed by atoms with Crippen molar-refractivity contribution in [1.82, 2.24) is 0 Å². The molecule has 0 aromatic carbocycles. The van der Waals surface area contributed by atoms with Crippen LogP contribution in [0, 0.1) is 0 Å². The lowest BCUT2D eigenvalue weighted by atomic mass is 10.1. The van der Waals surface area contributed by atoms with Crippen molar-refractivity contribution < 1.29 is 37.9 Å². The van der Waals surface area contributed by atoms with Crippen LogP contribution in [-0.4, -0.2) is 41.0 Å². The molecule has 0 saturated heterocycles. The fraction of sp³-hybridized carbons (Fsp3) is 0.667. The molecule has 0 radical (unpaired) electrons. The monoisotopic (exact) mass is 652 g/mol. The lowest BCUT2D eigenvalue weighted by molar-refractivity contribution is -0.161. The number of unbranched alkanes of at least 4 members (excludes halogenated alkanes) is 13. The molecule has 0 rings (SSSR count). The lowest BCUT2D eigenvalue weighted by Gasteiger charge is -2.18. The Morgan fingerprint density at radius 3 is 1.67 bits per heavy atom. The maximum atomic E-state index is 12.3. The van der Waals surface area contributed by atoms with Gasteiger partial charge in [0, 0.05) is 12.8 Å². The maximum absolute atomic E-state index is 12.3. The third-order valence-corrected chi connectivity index (χ3v) is 7.35. The minimum atomic E-state index is -4.76. The Balaban J connectivity index is 4.09. The molecule has 8 nitrogen and oxygen atoms in total. The summed E-state index contributed by atoms with van der Waals surface area (Å²) < 4.78 is 26.2. The smallest absolute Gasteiger partial charge is 0.462 e. The van der Waals surface area contributed by atoms with E-state index in [4.69, 9.17) is 19.3 Å². The number of rotatable bonds is 30. The van der Waals surface area contributed by atoms with Gasteiger partial charge >= 0.3 is 19.8 Å². The van der Waals surface area contributed by atoms with Crippen molar-refractivity contribution in [3.05, 3.63) is 60.8 Å². The Labute approximate surface area is 273 Å². The highest BCUT2D eigenvalue weighted by molar-refractivity contribution is 7.46.